The minimum Gasteiger partial charge on any atom is -0.497 e. The lowest BCUT2D eigenvalue weighted by Gasteiger charge is -2.42. The van der Waals surface area contributed by atoms with E-state index in [0.29, 0.717) is 13.2 Å². The molecule has 0 aromatic heterocycles. The highest BCUT2D eigenvalue weighted by Gasteiger charge is 2.42. The van der Waals surface area contributed by atoms with Crippen LogP contribution in [-0.4, -0.2) is 64.5 Å². The van der Waals surface area contributed by atoms with Crippen molar-refractivity contribution in [3.63, 3.8) is 0 Å². The summed E-state index contributed by atoms with van der Waals surface area (Å²) in [7, 11) is 2.47. The Bertz CT molecular complexity index is 703. The van der Waals surface area contributed by atoms with Crippen LogP contribution in [0.1, 0.15) is 40.2 Å². The van der Waals surface area contributed by atoms with Crippen LogP contribution in [0.15, 0.2) is 24.3 Å². The lowest BCUT2D eigenvalue weighted by Crippen LogP contribution is -2.50. The zero-order valence-corrected chi connectivity index (χ0v) is 22.5. The quantitative estimate of drug-likeness (QED) is 0.364. The molecule has 0 radical (unpaired) electrons. The molecule has 0 aliphatic carbocycles. The zero-order chi connectivity index (χ0) is 24.7. The second-order valence-electron chi connectivity index (χ2n) is 9.94. The molecule has 0 unspecified atom stereocenters. The van der Waals surface area contributed by atoms with E-state index in [9.17, 15) is 9.90 Å². The van der Waals surface area contributed by atoms with Crippen LogP contribution in [0.5, 0.6) is 5.75 Å². The second kappa shape index (κ2) is 12.1. The van der Waals surface area contributed by atoms with Gasteiger partial charge in [0.2, 0.25) is 0 Å². The number of aliphatic hydroxyl groups excluding tert-OH is 1. The van der Waals surface area contributed by atoms with Crippen molar-refractivity contribution in [2.75, 3.05) is 27.9 Å². The van der Waals surface area contributed by atoms with E-state index in [-0.39, 0.29) is 23.0 Å². The summed E-state index contributed by atoms with van der Waals surface area (Å²) in [6.45, 7) is 15.2. The minimum absolute atomic E-state index is 0.00358. The molecule has 0 aliphatic heterocycles. The Hall–Kier alpha value is -1.45. The molecule has 184 valence electrons. The Morgan fingerprint density at radius 1 is 1.12 bits per heavy atom. The largest absolute Gasteiger partial charge is 0.497 e. The molecule has 4 atom stereocenters. The van der Waals surface area contributed by atoms with E-state index < -0.39 is 20.3 Å². The Morgan fingerprint density at radius 2 is 1.69 bits per heavy atom. The SMILES string of the molecule is COc1ccc(COC[C@@H](O[Si](C)(C)C(C)(C)C)[C@H](C)[C@H](O)[C@H](C)C(=O)N(C)OC)cc1. The average Bonchev–Trinajstić information content (AvgIpc) is 2.75. The number of rotatable bonds is 12. The standard InChI is InChI=1S/C24H43NO6Si/c1-17(22(26)18(2)23(27)25(6)29-8)21(31-32(9,10)24(3,4)5)16-30-15-19-11-13-20(28-7)14-12-19/h11-14,17-18,21-22,26H,15-16H2,1-10H3/t17-,18-,21+,22-/m0/s1. The summed E-state index contributed by atoms with van der Waals surface area (Å²) in [6.07, 6.45) is -1.26. The summed E-state index contributed by atoms with van der Waals surface area (Å²) in [6, 6.07) is 7.72. The number of hydroxylamine groups is 2. The van der Waals surface area contributed by atoms with E-state index in [0.717, 1.165) is 16.4 Å². The number of nitrogens with zero attached hydrogens (tertiary/aromatic N) is 1. The highest BCUT2D eigenvalue weighted by molar-refractivity contribution is 6.74. The van der Waals surface area contributed by atoms with Gasteiger partial charge in [-0.25, -0.2) is 5.06 Å². The van der Waals surface area contributed by atoms with Gasteiger partial charge in [0.1, 0.15) is 5.75 Å². The first-order valence-corrected chi connectivity index (χ1v) is 14.0. The van der Waals surface area contributed by atoms with Crippen LogP contribution >= 0.6 is 0 Å². The van der Waals surface area contributed by atoms with E-state index in [2.05, 4.69) is 33.9 Å². The van der Waals surface area contributed by atoms with Gasteiger partial charge in [-0.1, -0.05) is 46.8 Å². The van der Waals surface area contributed by atoms with Crippen LogP contribution in [0.2, 0.25) is 18.1 Å². The molecule has 0 heterocycles. The molecule has 1 amide bonds. The third kappa shape index (κ3) is 7.85. The first-order chi connectivity index (χ1) is 14.7. The summed E-state index contributed by atoms with van der Waals surface area (Å²) >= 11 is 0. The summed E-state index contributed by atoms with van der Waals surface area (Å²) in [5, 5.41) is 12.2. The first-order valence-electron chi connectivity index (χ1n) is 11.1. The maximum absolute atomic E-state index is 12.5. The molecule has 32 heavy (non-hydrogen) atoms. The third-order valence-electron chi connectivity index (χ3n) is 6.57. The number of methoxy groups -OCH3 is 1. The highest BCUT2D eigenvalue weighted by atomic mass is 28.4. The number of hydrogen-bond donors (Lipinski definition) is 1. The molecule has 1 aromatic rings. The fourth-order valence-electron chi connectivity index (χ4n) is 3.06. The van der Waals surface area contributed by atoms with Crippen LogP contribution in [-0.2, 0) is 25.4 Å². The van der Waals surface area contributed by atoms with Crippen molar-refractivity contribution in [2.24, 2.45) is 11.8 Å². The smallest absolute Gasteiger partial charge is 0.251 e. The zero-order valence-electron chi connectivity index (χ0n) is 21.5. The van der Waals surface area contributed by atoms with E-state index in [1.54, 1.807) is 14.0 Å². The average molecular weight is 470 g/mol. The van der Waals surface area contributed by atoms with Gasteiger partial charge in [0.15, 0.2) is 8.32 Å². The molecular formula is C24H43NO6Si. The van der Waals surface area contributed by atoms with Gasteiger partial charge in [-0.05, 0) is 35.8 Å². The van der Waals surface area contributed by atoms with Crippen molar-refractivity contribution in [3.05, 3.63) is 29.8 Å². The Labute approximate surface area is 195 Å². The van der Waals surface area contributed by atoms with Gasteiger partial charge < -0.3 is 19.0 Å². The fraction of sp³-hybridized carbons (Fsp3) is 0.708. The van der Waals surface area contributed by atoms with Gasteiger partial charge in [0.05, 0.1) is 45.6 Å². The van der Waals surface area contributed by atoms with Crippen LogP contribution in [0.25, 0.3) is 0 Å². The highest BCUT2D eigenvalue weighted by Crippen LogP contribution is 2.38. The van der Waals surface area contributed by atoms with E-state index >= 15 is 0 Å². The Morgan fingerprint density at radius 3 is 2.16 bits per heavy atom. The molecule has 0 fully saturated rings. The third-order valence-corrected chi connectivity index (χ3v) is 11.1. The van der Waals surface area contributed by atoms with Gasteiger partial charge in [-0.3, -0.25) is 9.63 Å². The monoisotopic (exact) mass is 469 g/mol. The fourth-order valence-corrected chi connectivity index (χ4v) is 4.45. The molecule has 1 N–H and O–H groups in total. The Kier molecular flexibility index (Phi) is 10.8. The molecule has 0 bridgehead atoms. The normalized spacial score (nSPS) is 16.2. The number of amides is 1. The van der Waals surface area contributed by atoms with Gasteiger partial charge in [0, 0.05) is 13.0 Å². The second-order valence-corrected chi connectivity index (χ2v) is 14.7. The predicted octanol–water partition coefficient (Wildman–Crippen LogP) is 4.26. The van der Waals surface area contributed by atoms with Crippen LogP contribution < -0.4 is 4.74 Å². The maximum Gasteiger partial charge on any atom is 0.251 e. The summed E-state index contributed by atoms with van der Waals surface area (Å²) < 4.78 is 17.9. The number of carbonyl (C=O) groups excluding carboxylic acids is 1. The van der Waals surface area contributed by atoms with Gasteiger partial charge in [0.25, 0.3) is 5.91 Å². The number of benzene rings is 1. The van der Waals surface area contributed by atoms with Gasteiger partial charge in [-0.2, -0.15) is 0 Å². The molecule has 0 saturated carbocycles. The van der Waals surface area contributed by atoms with Crippen LogP contribution in [0.3, 0.4) is 0 Å². The molecule has 0 spiro atoms. The summed E-state index contributed by atoms with van der Waals surface area (Å²) in [5.74, 6) is -0.437. The number of hydrogen-bond acceptors (Lipinski definition) is 6. The van der Waals surface area contributed by atoms with E-state index in [1.807, 2.05) is 31.2 Å². The van der Waals surface area contributed by atoms with Crippen molar-refractivity contribution in [1.82, 2.24) is 5.06 Å². The summed E-state index contributed by atoms with van der Waals surface area (Å²) in [5.41, 5.74) is 1.02. The lowest BCUT2D eigenvalue weighted by atomic mass is 9.89. The number of ether oxygens (including phenoxy) is 2. The molecule has 0 saturated heterocycles. The maximum atomic E-state index is 12.5. The molecule has 1 aromatic carbocycles. The van der Waals surface area contributed by atoms with Gasteiger partial charge >= 0.3 is 0 Å². The van der Waals surface area contributed by atoms with E-state index in [1.165, 1.54) is 14.2 Å². The predicted molar refractivity (Wildman–Crippen MR) is 129 cm³/mol. The van der Waals surface area contributed by atoms with Gasteiger partial charge in [-0.15, -0.1) is 0 Å². The number of carbonyl (C=O) groups is 1. The van der Waals surface area contributed by atoms with Crippen LogP contribution in [0, 0.1) is 11.8 Å². The van der Waals surface area contributed by atoms with Crippen LogP contribution in [0.4, 0.5) is 0 Å². The topological polar surface area (TPSA) is 77.5 Å². The Balaban J connectivity index is 2.96. The van der Waals surface area contributed by atoms with Crippen molar-refractivity contribution >= 4 is 14.2 Å². The molecule has 7 nitrogen and oxygen atoms in total. The van der Waals surface area contributed by atoms with Crippen molar-refractivity contribution < 1.29 is 28.6 Å². The molecule has 1 rings (SSSR count). The van der Waals surface area contributed by atoms with E-state index in [4.69, 9.17) is 18.7 Å². The van der Waals surface area contributed by atoms with Crippen molar-refractivity contribution in [1.29, 1.82) is 0 Å². The molecular weight excluding hydrogens is 426 g/mol. The number of aliphatic hydroxyl groups is 1. The lowest BCUT2D eigenvalue weighted by molar-refractivity contribution is -0.178. The summed E-state index contributed by atoms with van der Waals surface area (Å²) in [4.78, 5) is 17.5. The first kappa shape index (κ1) is 28.6. The van der Waals surface area contributed by atoms with Crippen molar-refractivity contribution in [2.45, 2.75) is 71.6 Å². The molecule has 0 aliphatic rings. The van der Waals surface area contributed by atoms with Crippen molar-refractivity contribution in [3.8, 4) is 5.75 Å². The minimum atomic E-state index is -2.14. The molecule has 8 heteroatoms.